The van der Waals surface area contributed by atoms with Gasteiger partial charge in [0.05, 0.1) is 14.2 Å². The van der Waals surface area contributed by atoms with Crippen molar-refractivity contribution < 1.29 is 14.6 Å². The Morgan fingerprint density at radius 2 is 1.68 bits per heavy atom. The highest BCUT2D eigenvalue weighted by atomic mass is 16.5. The molecule has 1 saturated heterocycles. The summed E-state index contributed by atoms with van der Waals surface area (Å²) in [7, 11) is 3.11. The molecule has 0 unspecified atom stereocenters. The lowest BCUT2D eigenvalue weighted by Gasteiger charge is -2.30. The maximum absolute atomic E-state index is 9.89. The highest BCUT2D eigenvalue weighted by molar-refractivity contribution is 5.52. The first kappa shape index (κ1) is 14.0. The van der Waals surface area contributed by atoms with Crippen LogP contribution in [0.5, 0.6) is 17.2 Å². The minimum Gasteiger partial charge on any atom is -0.502 e. The minimum atomic E-state index is 0.0704. The van der Waals surface area contributed by atoms with Gasteiger partial charge in [0.15, 0.2) is 11.5 Å². The number of rotatable bonds is 4. The van der Waals surface area contributed by atoms with Gasteiger partial charge in [0, 0.05) is 6.54 Å². The summed E-state index contributed by atoms with van der Waals surface area (Å²) < 4.78 is 10.4. The Bertz CT molecular complexity index is 400. The van der Waals surface area contributed by atoms with E-state index in [1.807, 2.05) is 12.1 Å². The molecule has 1 N–H and O–H groups in total. The van der Waals surface area contributed by atoms with Crippen molar-refractivity contribution in [1.82, 2.24) is 4.90 Å². The number of phenolic OH excluding ortho intramolecular Hbond substituents is 1. The van der Waals surface area contributed by atoms with Crippen LogP contribution in [0.15, 0.2) is 12.1 Å². The van der Waals surface area contributed by atoms with Gasteiger partial charge in [-0.25, -0.2) is 0 Å². The molecule has 0 radical (unpaired) electrons. The lowest BCUT2D eigenvalue weighted by Crippen LogP contribution is -2.32. The van der Waals surface area contributed by atoms with Gasteiger partial charge in [-0.15, -0.1) is 0 Å². The number of hydrogen-bond donors (Lipinski definition) is 1. The van der Waals surface area contributed by atoms with Crippen molar-refractivity contribution in [1.29, 1.82) is 0 Å². The number of phenols is 1. The summed E-state index contributed by atoms with van der Waals surface area (Å²) in [5.74, 6) is 1.85. The number of nitrogens with zero attached hydrogens (tertiary/aromatic N) is 1. The second-order valence-corrected chi connectivity index (χ2v) is 5.31. The molecule has 0 aromatic heterocycles. The van der Waals surface area contributed by atoms with Crippen molar-refractivity contribution in [2.75, 3.05) is 27.3 Å². The summed E-state index contributed by atoms with van der Waals surface area (Å²) in [6.45, 7) is 5.45. The molecule has 0 saturated carbocycles. The predicted octanol–water partition coefficient (Wildman–Crippen LogP) is 2.64. The van der Waals surface area contributed by atoms with Gasteiger partial charge in [0.25, 0.3) is 0 Å². The van der Waals surface area contributed by atoms with Crippen molar-refractivity contribution >= 4 is 0 Å². The maximum Gasteiger partial charge on any atom is 0.200 e. The summed E-state index contributed by atoms with van der Waals surface area (Å²) in [4.78, 5) is 2.44. The average Bonchev–Trinajstić information content (AvgIpc) is 2.43. The molecule has 0 spiro atoms. The second kappa shape index (κ2) is 6.15. The highest BCUT2D eigenvalue weighted by Crippen LogP contribution is 2.37. The third-order valence-electron chi connectivity index (χ3n) is 3.82. The van der Waals surface area contributed by atoms with Crippen molar-refractivity contribution in [3.05, 3.63) is 17.7 Å². The smallest absolute Gasteiger partial charge is 0.200 e. The fraction of sp³-hybridized carbons (Fsp3) is 0.600. The molecule has 1 aliphatic heterocycles. The Kier molecular flexibility index (Phi) is 4.53. The van der Waals surface area contributed by atoms with Gasteiger partial charge in [0.1, 0.15) is 0 Å². The van der Waals surface area contributed by atoms with Gasteiger partial charge in [-0.2, -0.15) is 0 Å². The zero-order valence-electron chi connectivity index (χ0n) is 12.0. The normalized spacial score (nSPS) is 17.4. The van der Waals surface area contributed by atoms with Crippen LogP contribution in [0.4, 0.5) is 0 Å². The number of likely N-dealkylation sites (tertiary alicyclic amines) is 1. The SMILES string of the molecule is COc1cc(CN2CCC(C)CC2)cc(OC)c1O. The van der Waals surface area contributed by atoms with Crippen LogP contribution in [0.2, 0.25) is 0 Å². The molecule has 0 aliphatic carbocycles. The van der Waals surface area contributed by atoms with E-state index < -0.39 is 0 Å². The van der Waals surface area contributed by atoms with E-state index in [9.17, 15) is 5.11 Å². The van der Waals surface area contributed by atoms with Crippen LogP contribution < -0.4 is 9.47 Å². The van der Waals surface area contributed by atoms with Gasteiger partial charge in [-0.3, -0.25) is 4.90 Å². The zero-order valence-corrected chi connectivity index (χ0v) is 12.0. The lowest BCUT2D eigenvalue weighted by atomic mass is 9.99. The van der Waals surface area contributed by atoms with Gasteiger partial charge in [-0.1, -0.05) is 6.92 Å². The van der Waals surface area contributed by atoms with Gasteiger partial charge in [0.2, 0.25) is 5.75 Å². The van der Waals surface area contributed by atoms with Crippen molar-refractivity contribution in [3.8, 4) is 17.2 Å². The van der Waals surface area contributed by atoms with Gasteiger partial charge in [-0.05, 0) is 49.5 Å². The summed E-state index contributed by atoms with van der Waals surface area (Å²) in [6.07, 6.45) is 2.51. The Morgan fingerprint density at radius 3 is 2.16 bits per heavy atom. The summed E-state index contributed by atoms with van der Waals surface area (Å²) >= 11 is 0. The number of aromatic hydroxyl groups is 1. The summed E-state index contributed by atoms with van der Waals surface area (Å²) in [6, 6.07) is 3.77. The quantitative estimate of drug-likeness (QED) is 0.908. The molecule has 2 rings (SSSR count). The second-order valence-electron chi connectivity index (χ2n) is 5.31. The van der Waals surface area contributed by atoms with Crippen LogP contribution >= 0.6 is 0 Å². The first-order chi connectivity index (χ1) is 9.13. The van der Waals surface area contributed by atoms with E-state index in [0.29, 0.717) is 11.5 Å². The molecule has 1 aromatic rings. The standard InChI is InChI=1S/C15H23NO3/c1-11-4-6-16(7-5-11)10-12-8-13(18-2)15(17)14(9-12)19-3/h8-9,11,17H,4-7,10H2,1-3H3. The van der Waals surface area contributed by atoms with Crippen LogP contribution in [0.25, 0.3) is 0 Å². The Balaban J connectivity index is 2.11. The van der Waals surface area contributed by atoms with E-state index in [0.717, 1.165) is 31.1 Å². The Morgan fingerprint density at radius 1 is 1.16 bits per heavy atom. The zero-order chi connectivity index (χ0) is 13.8. The van der Waals surface area contributed by atoms with Crippen molar-refractivity contribution in [3.63, 3.8) is 0 Å². The topological polar surface area (TPSA) is 41.9 Å². The van der Waals surface area contributed by atoms with E-state index >= 15 is 0 Å². The number of methoxy groups -OCH3 is 2. The molecule has 4 nitrogen and oxygen atoms in total. The highest BCUT2D eigenvalue weighted by Gasteiger charge is 2.17. The molecular weight excluding hydrogens is 242 g/mol. The molecule has 0 amide bonds. The van der Waals surface area contributed by atoms with Crippen LogP contribution in [-0.2, 0) is 6.54 Å². The molecule has 19 heavy (non-hydrogen) atoms. The molecule has 1 heterocycles. The fourth-order valence-corrected chi connectivity index (χ4v) is 2.52. The monoisotopic (exact) mass is 265 g/mol. The number of benzene rings is 1. The number of ether oxygens (including phenoxy) is 2. The van der Waals surface area contributed by atoms with Crippen LogP contribution in [0.3, 0.4) is 0 Å². The van der Waals surface area contributed by atoms with E-state index in [2.05, 4.69) is 11.8 Å². The van der Waals surface area contributed by atoms with E-state index in [1.165, 1.54) is 12.8 Å². The first-order valence-corrected chi connectivity index (χ1v) is 6.80. The van der Waals surface area contributed by atoms with Crippen LogP contribution in [0, 0.1) is 5.92 Å². The van der Waals surface area contributed by atoms with Crippen molar-refractivity contribution in [2.45, 2.75) is 26.3 Å². The third kappa shape index (κ3) is 3.32. The van der Waals surface area contributed by atoms with Gasteiger partial charge < -0.3 is 14.6 Å². The minimum absolute atomic E-state index is 0.0704. The number of piperidine rings is 1. The molecule has 0 bridgehead atoms. The van der Waals surface area contributed by atoms with Crippen molar-refractivity contribution in [2.24, 2.45) is 5.92 Å². The molecule has 1 fully saturated rings. The lowest BCUT2D eigenvalue weighted by molar-refractivity contribution is 0.185. The van der Waals surface area contributed by atoms with E-state index in [1.54, 1.807) is 14.2 Å². The maximum atomic E-state index is 9.89. The van der Waals surface area contributed by atoms with E-state index in [-0.39, 0.29) is 5.75 Å². The largest absolute Gasteiger partial charge is 0.502 e. The molecular formula is C15H23NO3. The predicted molar refractivity (Wildman–Crippen MR) is 74.9 cm³/mol. The summed E-state index contributed by atoms with van der Waals surface area (Å²) in [5.41, 5.74) is 1.11. The summed E-state index contributed by atoms with van der Waals surface area (Å²) in [5, 5.41) is 9.89. The molecule has 4 heteroatoms. The van der Waals surface area contributed by atoms with Crippen LogP contribution in [-0.4, -0.2) is 37.3 Å². The number of hydrogen-bond acceptors (Lipinski definition) is 4. The molecule has 1 aliphatic rings. The Labute approximate surface area is 114 Å². The average molecular weight is 265 g/mol. The van der Waals surface area contributed by atoms with Crippen LogP contribution in [0.1, 0.15) is 25.3 Å². The van der Waals surface area contributed by atoms with E-state index in [4.69, 9.17) is 9.47 Å². The van der Waals surface area contributed by atoms with Gasteiger partial charge >= 0.3 is 0 Å². The Hall–Kier alpha value is -1.42. The fourth-order valence-electron chi connectivity index (χ4n) is 2.52. The molecule has 1 aromatic carbocycles. The first-order valence-electron chi connectivity index (χ1n) is 6.80. The molecule has 106 valence electrons. The molecule has 0 atom stereocenters. The third-order valence-corrected chi connectivity index (χ3v) is 3.82.